The first-order valence-electron chi connectivity index (χ1n) is 7.76. The third-order valence-corrected chi connectivity index (χ3v) is 4.16. The summed E-state index contributed by atoms with van der Waals surface area (Å²) in [6, 6.07) is 18.1. The molecule has 23 heavy (non-hydrogen) atoms. The summed E-state index contributed by atoms with van der Waals surface area (Å²) in [5.74, 6) is 0.0782. The molecule has 0 bridgehead atoms. The van der Waals surface area contributed by atoms with E-state index in [4.69, 9.17) is 4.42 Å². The number of aromatic nitrogens is 1. The molecule has 5 heteroatoms. The third-order valence-electron chi connectivity index (χ3n) is 4.16. The predicted octanol–water partition coefficient (Wildman–Crippen LogP) is 3.26. The molecule has 2 atom stereocenters. The number of anilines is 1. The van der Waals surface area contributed by atoms with E-state index < -0.39 is 0 Å². The number of hydrogen-bond donors (Lipinski definition) is 2. The first-order chi connectivity index (χ1) is 11.3. The van der Waals surface area contributed by atoms with Crippen LogP contribution in [0, 0.1) is 0 Å². The molecule has 1 aliphatic heterocycles. The van der Waals surface area contributed by atoms with E-state index in [1.54, 1.807) is 0 Å². The van der Waals surface area contributed by atoms with Crippen LogP contribution in [-0.2, 0) is 4.79 Å². The molecule has 0 radical (unpaired) electrons. The van der Waals surface area contributed by atoms with Gasteiger partial charge in [0.1, 0.15) is 5.52 Å². The van der Waals surface area contributed by atoms with Crippen LogP contribution in [0.15, 0.2) is 59.0 Å². The highest BCUT2D eigenvalue weighted by Gasteiger charge is 2.30. The van der Waals surface area contributed by atoms with Gasteiger partial charge in [-0.05, 0) is 24.1 Å². The van der Waals surface area contributed by atoms with Gasteiger partial charge in [-0.1, -0.05) is 42.5 Å². The molecule has 1 aliphatic rings. The molecule has 2 aromatic carbocycles. The largest absolute Gasteiger partial charge is 0.424 e. The molecule has 4 rings (SSSR count). The minimum Gasteiger partial charge on any atom is -0.424 e. The molecule has 0 unspecified atom stereocenters. The number of nitrogens with one attached hydrogen (secondary N) is 2. The van der Waals surface area contributed by atoms with E-state index in [9.17, 15) is 4.79 Å². The molecule has 2 heterocycles. The van der Waals surface area contributed by atoms with E-state index in [2.05, 4.69) is 15.6 Å². The van der Waals surface area contributed by atoms with Gasteiger partial charge >= 0.3 is 0 Å². The van der Waals surface area contributed by atoms with Crippen molar-refractivity contribution < 1.29 is 9.21 Å². The maximum atomic E-state index is 11.8. The monoisotopic (exact) mass is 307 g/mol. The second-order valence-corrected chi connectivity index (χ2v) is 5.73. The van der Waals surface area contributed by atoms with Gasteiger partial charge in [0.15, 0.2) is 5.58 Å². The topological polar surface area (TPSA) is 67.2 Å². The van der Waals surface area contributed by atoms with E-state index in [-0.39, 0.29) is 18.0 Å². The van der Waals surface area contributed by atoms with Crippen molar-refractivity contribution in [2.75, 3.05) is 5.32 Å². The van der Waals surface area contributed by atoms with Gasteiger partial charge in [0, 0.05) is 6.42 Å². The minimum atomic E-state index is -0.0903. The fourth-order valence-electron chi connectivity index (χ4n) is 3.02. The Kier molecular flexibility index (Phi) is 3.46. The zero-order valence-corrected chi connectivity index (χ0v) is 12.5. The molecular formula is C18H17N3O2. The number of carbonyl (C=O) groups excluding carboxylic acids is 1. The van der Waals surface area contributed by atoms with E-state index in [0.717, 1.165) is 23.1 Å². The summed E-state index contributed by atoms with van der Waals surface area (Å²) in [5.41, 5.74) is 2.66. The zero-order chi connectivity index (χ0) is 15.6. The summed E-state index contributed by atoms with van der Waals surface area (Å²) in [6.07, 6.45) is 1.24. The number of para-hydroxylation sites is 2. The molecule has 0 aliphatic carbocycles. The number of fused-ring (bicyclic) bond motifs is 1. The molecule has 0 spiro atoms. The smallest absolute Gasteiger partial charge is 0.295 e. The molecule has 5 nitrogen and oxygen atoms in total. The lowest BCUT2D eigenvalue weighted by molar-refractivity contribution is -0.123. The Balaban J connectivity index is 1.61. The lowest BCUT2D eigenvalue weighted by Crippen LogP contribution is -2.45. The standard InChI is InChI=1S/C18H17N3O2/c22-16-11-10-14(17(21-16)12-6-2-1-3-7-12)20-18-19-13-8-4-5-9-15(13)23-18/h1-9,14,17H,10-11H2,(H,19,20)(H,21,22)/t14-,17+/m1/s1. The van der Waals surface area contributed by atoms with Gasteiger partial charge < -0.3 is 15.1 Å². The maximum absolute atomic E-state index is 11.8. The summed E-state index contributed by atoms with van der Waals surface area (Å²) in [4.78, 5) is 16.3. The van der Waals surface area contributed by atoms with Crippen LogP contribution in [0.25, 0.3) is 11.1 Å². The number of piperidine rings is 1. The lowest BCUT2D eigenvalue weighted by atomic mass is 9.92. The van der Waals surface area contributed by atoms with Crippen molar-refractivity contribution in [2.45, 2.75) is 24.9 Å². The molecule has 2 N–H and O–H groups in total. The van der Waals surface area contributed by atoms with Crippen LogP contribution in [0.4, 0.5) is 6.01 Å². The van der Waals surface area contributed by atoms with Crippen LogP contribution in [-0.4, -0.2) is 16.9 Å². The Bertz CT molecular complexity index is 795. The van der Waals surface area contributed by atoms with Crippen LogP contribution in [0.5, 0.6) is 0 Å². The van der Waals surface area contributed by atoms with Gasteiger partial charge in [0.05, 0.1) is 12.1 Å². The van der Waals surface area contributed by atoms with Crippen molar-refractivity contribution >= 4 is 23.0 Å². The molecule has 1 saturated heterocycles. The van der Waals surface area contributed by atoms with Crippen molar-refractivity contribution in [3.8, 4) is 0 Å². The van der Waals surface area contributed by atoms with Crippen molar-refractivity contribution in [3.05, 3.63) is 60.2 Å². The van der Waals surface area contributed by atoms with Crippen molar-refractivity contribution in [1.82, 2.24) is 10.3 Å². The quantitative estimate of drug-likeness (QED) is 0.779. The number of hydrogen-bond acceptors (Lipinski definition) is 4. The van der Waals surface area contributed by atoms with Crippen molar-refractivity contribution in [3.63, 3.8) is 0 Å². The van der Waals surface area contributed by atoms with Crippen LogP contribution < -0.4 is 10.6 Å². The van der Waals surface area contributed by atoms with Crippen LogP contribution in [0.1, 0.15) is 24.4 Å². The second-order valence-electron chi connectivity index (χ2n) is 5.73. The van der Waals surface area contributed by atoms with Crippen LogP contribution >= 0.6 is 0 Å². The average Bonchev–Trinajstić information content (AvgIpc) is 2.99. The first kappa shape index (κ1) is 13.8. The van der Waals surface area contributed by atoms with Gasteiger partial charge in [-0.3, -0.25) is 4.79 Å². The van der Waals surface area contributed by atoms with Gasteiger partial charge in [-0.2, -0.15) is 4.98 Å². The number of rotatable bonds is 3. The third kappa shape index (κ3) is 2.77. The lowest BCUT2D eigenvalue weighted by Gasteiger charge is -2.32. The van der Waals surface area contributed by atoms with Crippen LogP contribution in [0.2, 0.25) is 0 Å². The fourth-order valence-corrected chi connectivity index (χ4v) is 3.02. The Labute approximate surface area is 133 Å². The minimum absolute atomic E-state index is 0.0446. The average molecular weight is 307 g/mol. The number of carbonyl (C=O) groups is 1. The van der Waals surface area contributed by atoms with Crippen molar-refractivity contribution in [1.29, 1.82) is 0 Å². The maximum Gasteiger partial charge on any atom is 0.295 e. The molecule has 1 aromatic heterocycles. The van der Waals surface area contributed by atoms with Gasteiger partial charge in [0.25, 0.3) is 6.01 Å². The molecule has 1 amide bonds. The van der Waals surface area contributed by atoms with E-state index in [1.165, 1.54) is 0 Å². The van der Waals surface area contributed by atoms with Gasteiger partial charge in [-0.15, -0.1) is 0 Å². The SMILES string of the molecule is O=C1CC[C@@H](Nc2nc3ccccc3o2)[C@H](c2ccccc2)N1. The Hall–Kier alpha value is -2.82. The molecule has 1 fully saturated rings. The molecule has 3 aromatic rings. The number of nitrogens with zero attached hydrogens (tertiary/aromatic N) is 1. The Morgan fingerprint density at radius 3 is 2.70 bits per heavy atom. The number of amides is 1. The summed E-state index contributed by atoms with van der Waals surface area (Å²) < 4.78 is 5.75. The highest BCUT2D eigenvalue weighted by Crippen LogP contribution is 2.28. The van der Waals surface area contributed by atoms with Crippen molar-refractivity contribution in [2.24, 2.45) is 0 Å². The van der Waals surface area contributed by atoms with Gasteiger partial charge in [-0.25, -0.2) is 0 Å². The zero-order valence-electron chi connectivity index (χ0n) is 12.5. The molecule has 0 saturated carbocycles. The Morgan fingerprint density at radius 1 is 1.09 bits per heavy atom. The normalized spacial score (nSPS) is 21.1. The first-order valence-corrected chi connectivity index (χ1v) is 7.76. The summed E-state index contributed by atoms with van der Waals surface area (Å²) >= 11 is 0. The molecule has 116 valence electrons. The number of oxazole rings is 1. The fraction of sp³-hybridized carbons (Fsp3) is 0.222. The predicted molar refractivity (Wildman–Crippen MR) is 88.0 cm³/mol. The van der Waals surface area contributed by atoms with Crippen LogP contribution in [0.3, 0.4) is 0 Å². The summed E-state index contributed by atoms with van der Waals surface area (Å²) in [5, 5.41) is 6.41. The van der Waals surface area contributed by atoms with E-state index >= 15 is 0 Å². The molecular weight excluding hydrogens is 290 g/mol. The van der Waals surface area contributed by atoms with Gasteiger partial charge in [0.2, 0.25) is 5.91 Å². The highest BCUT2D eigenvalue weighted by molar-refractivity contribution is 5.78. The van der Waals surface area contributed by atoms with E-state index in [0.29, 0.717) is 12.4 Å². The van der Waals surface area contributed by atoms with E-state index in [1.807, 2.05) is 54.6 Å². The highest BCUT2D eigenvalue weighted by atomic mass is 16.4. The summed E-state index contributed by atoms with van der Waals surface area (Å²) in [6.45, 7) is 0. The Morgan fingerprint density at radius 2 is 1.87 bits per heavy atom. The number of benzene rings is 2. The second kappa shape index (κ2) is 5.76. The summed E-state index contributed by atoms with van der Waals surface area (Å²) in [7, 11) is 0.